The number of carbonyl (C=O) groups is 2. The van der Waals surface area contributed by atoms with Crippen molar-refractivity contribution >= 4 is 29.5 Å². The van der Waals surface area contributed by atoms with Crippen molar-refractivity contribution in [2.75, 3.05) is 11.1 Å². The quantitative estimate of drug-likeness (QED) is 0.608. The highest BCUT2D eigenvalue weighted by molar-refractivity contribution is 7.99. The van der Waals surface area contributed by atoms with Gasteiger partial charge in [-0.05, 0) is 5.75 Å². The summed E-state index contributed by atoms with van der Waals surface area (Å²) in [7, 11) is 0. The first-order chi connectivity index (χ1) is 7.52. The largest absolute Gasteiger partial charge is 0.477 e. The Morgan fingerprint density at radius 3 is 2.69 bits per heavy atom. The van der Waals surface area contributed by atoms with Crippen molar-refractivity contribution in [3.63, 3.8) is 0 Å². The molecule has 1 rings (SSSR count). The molecule has 0 unspecified atom stereocenters. The van der Waals surface area contributed by atoms with E-state index in [1.165, 1.54) is 24.8 Å². The minimum absolute atomic E-state index is 0.130. The third-order valence-electron chi connectivity index (χ3n) is 1.50. The van der Waals surface area contributed by atoms with E-state index in [2.05, 4.69) is 15.3 Å². The van der Waals surface area contributed by atoms with Crippen LogP contribution in [0, 0.1) is 0 Å². The van der Waals surface area contributed by atoms with Crippen LogP contribution in [0.5, 0.6) is 0 Å². The number of anilines is 1. The Labute approximate surface area is 96.5 Å². The molecule has 0 saturated carbocycles. The molecule has 86 valence electrons. The standard InChI is InChI=1S/C9H11N3O3S/c1-3-16-9-11-6(8(14)15)4-7(12-9)10-5(2)13/h4H,3H2,1-2H3,(H,14,15)(H,10,11,12,13). The fraction of sp³-hybridized carbons (Fsp3) is 0.333. The highest BCUT2D eigenvalue weighted by atomic mass is 32.2. The van der Waals surface area contributed by atoms with Crippen LogP contribution in [0.4, 0.5) is 5.82 Å². The average molecular weight is 241 g/mol. The zero-order valence-electron chi connectivity index (χ0n) is 8.85. The van der Waals surface area contributed by atoms with Gasteiger partial charge in [-0.1, -0.05) is 18.7 Å². The van der Waals surface area contributed by atoms with E-state index in [1.807, 2.05) is 6.92 Å². The highest BCUT2D eigenvalue weighted by Gasteiger charge is 2.10. The molecule has 2 N–H and O–H groups in total. The number of thioether (sulfide) groups is 1. The highest BCUT2D eigenvalue weighted by Crippen LogP contribution is 2.16. The summed E-state index contributed by atoms with van der Waals surface area (Å²) >= 11 is 1.31. The fourth-order valence-electron chi connectivity index (χ4n) is 0.973. The van der Waals surface area contributed by atoms with Crippen molar-refractivity contribution in [1.29, 1.82) is 0 Å². The number of hydrogen-bond donors (Lipinski definition) is 2. The minimum atomic E-state index is -1.15. The molecule has 0 aliphatic heterocycles. The summed E-state index contributed by atoms with van der Waals surface area (Å²) < 4.78 is 0. The summed E-state index contributed by atoms with van der Waals surface area (Å²) in [5, 5.41) is 11.6. The summed E-state index contributed by atoms with van der Waals surface area (Å²) in [6.07, 6.45) is 0. The number of carbonyl (C=O) groups excluding carboxylic acids is 1. The first-order valence-electron chi connectivity index (χ1n) is 4.55. The number of amides is 1. The van der Waals surface area contributed by atoms with E-state index in [9.17, 15) is 9.59 Å². The summed E-state index contributed by atoms with van der Waals surface area (Å²) in [6.45, 7) is 3.23. The van der Waals surface area contributed by atoms with Crippen LogP contribution in [0.25, 0.3) is 0 Å². The third-order valence-corrected chi connectivity index (χ3v) is 2.23. The maximum atomic E-state index is 10.8. The molecule has 0 aromatic carbocycles. The molecule has 0 bridgehead atoms. The lowest BCUT2D eigenvalue weighted by Crippen LogP contribution is -2.11. The molecule has 16 heavy (non-hydrogen) atoms. The maximum Gasteiger partial charge on any atom is 0.354 e. The molecule has 6 nitrogen and oxygen atoms in total. The average Bonchev–Trinajstić information content (AvgIpc) is 2.16. The number of aromatic nitrogens is 2. The van der Waals surface area contributed by atoms with Gasteiger partial charge in [-0.15, -0.1) is 0 Å². The molecule has 1 amide bonds. The van der Waals surface area contributed by atoms with Gasteiger partial charge in [-0.2, -0.15) is 0 Å². The van der Waals surface area contributed by atoms with Crippen LogP contribution in [-0.2, 0) is 4.79 Å². The fourth-order valence-corrected chi connectivity index (χ4v) is 1.56. The smallest absolute Gasteiger partial charge is 0.354 e. The molecule has 0 aliphatic rings. The van der Waals surface area contributed by atoms with Crippen molar-refractivity contribution in [3.8, 4) is 0 Å². The first-order valence-corrected chi connectivity index (χ1v) is 5.54. The Morgan fingerprint density at radius 1 is 1.50 bits per heavy atom. The van der Waals surface area contributed by atoms with E-state index < -0.39 is 5.97 Å². The third kappa shape index (κ3) is 3.50. The lowest BCUT2D eigenvalue weighted by Gasteiger charge is -2.04. The molecule has 0 atom stereocenters. The van der Waals surface area contributed by atoms with Crippen molar-refractivity contribution in [2.45, 2.75) is 19.0 Å². The Morgan fingerprint density at radius 2 is 2.19 bits per heavy atom. The second-order valence-corrected chi connectivity index (χ2v) is 4.07. The van der Waals surface area contributed by atoms with E-state index in [4.69, 9.17) is 5.11 Å². The zero-order valence-corrected chi connectivity index (χ0v) is 9.67. The van der Waals surface area contributed by atoms with Crippen molar-refractivity contribution in [2.24, 2.45) is 0 Å². The van der Waals surface area contributed by atoms with Crippen LogP contribution >= 0.6 is 11.8 Å². The molecule has 0 radical (unpaired) electrons. The van der Waals surface area contributed by atoms with E-state index in [1.54, 1.807) is 0 Å². The molecule has 0 fully saturated rings. The molecule has 1 heterocycles. The summed E-state index contributed by atoms with van der Waals surface area (Å²) in [5.74, 6) is -0.520. The molecular formula is C9H11N3O3S. The van der Waals surface area contributed by atoms with Gasteiger partial charge in [0, 0.05) is 13.0 Å². The lowest BCUT2D eigenvalue weighted by atomic mass is 10.4. The first kappa shape index (κ1) is 12.4. The maximum absolute atomic E-state index is 10.8. The minimum Gasteiger partial charge on any atom is -0.477 e. The van der Waals surface area contributed by atoms with Gasteiger partial charge in [0.2, 0.25) is 5.91 Å². The van der Waals surface area contributed by atoms with Gasteiger partial charge in [-0.25, -0.2) is 14.8 Å². The number of rotatable bonds is 4. The number of carboxylic acid groups (broad SMARTS) is 1. The number of hydrogen-bond acceptors (Lipinski definition) is 5. The summed E-state index contributed by atoms with van der Waals surface area (Å²) in [5.41, 5.74) is -0.130. The number of carboxylic acids is 1. The van der Waals surface area contributed by atoms with E-state index >= 15 is 0 Å². The number of nitrogens with one attached hydrogen (secondary N) is 1. The van der Waals surface area contributed by atoms with Crippen LogP contribution in [0.1, 0.15) is 24.3 Å². The van der Waals surface area contributed by atoms with Gasteiger partial charge in [0.15, 0.2) is 10.9 Å². The van der Waals surface area contributed by atoms with Crippen molar-refractivity contribution in [3.05, 3.63) is 11.8 Å². The molecule has 0 spiro atoms. The topological polar surface area (TPSA) is 92.2 Å². The van der Waals surface area contributed by atoms with Crippen LogP contribution in [0.15, 0.2) is 11.2 Å². The number of aromatic carboxylic acids is 1. The molecule has 7 heteroatoms. The van der Waals surface area contributed by atoms with Gasteiger partial charge >= 0.3 is 5.97 Å². The lowest BCUT2D eigenvalue weighted by molar-refractivity contribution is -0.114. The van der Waals surface area contributed by atoms with Crippen molar-refractivity contribution < 1.29 is 14.7 Å². The Balaban J connectivity index is 3.07. The summed E-state index contributed by atoms with van der Waals surface area (Å²) in [4.78, 5) is 29.5. The Bertz CT molecular complexity index is 422. The van der Waals surface area contributed by atoms with E-state index in [0.717, 1.165) is 5.75 Å². The van der Waals surface area contributed by atoms with E-state index in [-0.39, 0.29) is 17.4 Å². The predicted molar refractivity (Wildman–Crippen MR) is 59.7 cm³/mol. The van der Waals surface area contributed by atoms with Gasteiger partial charge < -0.3 is 10.4 Å². The van der Waals surface area contributed by atoms with Crippen LogP contribution in [0.3, 0.4) is 0 Å². The second kappa shape index (κ2) is 5.45. The molecule has 0 aliphatic carbocycles. The Hall–Kier alpha value is -1.63. The van der Waals surface area contributed by atoms with Gasteiger partial charge in [-0.3, -0.25) is 4.79 Å². The Kier molecular flexibility index (Phi) is 4.24. The van der Waals surface area contributed by atoms with E-state index in [0.29, 0.717) is 5.16 Å². The predicted octanol–water partition coefficient (Wildman–Crippen LogP) is 1.25. The van der Waals surface area contributed by atoms with Crippen LogP contribution < -0.4 is 5.32 Å². The van der Waals surface area contributed by atoms with Crippen molar-refractivity contribution in [1.82, 2.24) is 9.97 Å². The van der Waals surface area contributed by atoms with Gasteiger partial charge in [0.05, 0.1) is 0 Å². The molecule has 1 aromatic heterocycles. The van der Waals surface area contributed by atoms with Crippen LogP contribution in [0.2, 0.25) is 0 Å². The second-order valence-electron chi connectivity index (χ2n) is 2.84. The number of nitrogens with zero attached hydrogens (tertiary/aromatic N) is 2. The van der Waals surface area contributed by atoms with Crippen LogP contribution in [-0.4, -0.2) is 32.7 Å². The molecule has 1 aromatic rings. The monoisotopic (exact) mass is 241 g/mol. The zero-order chi connectivity index (χ0) is 12.1. The SMILES string of the molecule is CCSc1nc(NC(C)=O)cc(C(=O)O)n1. The molecule has 0 saturated heterocycles. The molecular weight excluding hydrogens is 230 g/mol. The normalized spacial score (nSPS) is 9.88. The summed E-state index contributed by atoms with van der Waals surface area (Å²) in [6, 6.07) is 1.23. The van der Waals surface area contributed by atoms with Gasteiger partial charge in [0.1, 0.15) is 5.82 Å². The van der Waals surface area contributed by atoms with Gasteiger partial charge in [0.25, 0.3) is 0 Å².